The normalized spacial score (nSPS) is 15.5. The van der Waals surface area contributed by atoms with E-state index in [9.17, 15) is 9.59 Å². The van der Waals surface area contributed by atoms with Gasteiger partial charge >= 0.3 is 0 Å². The second-order valence-corrected chi connectivity index (χ2v) is 9.48. The molecule has 1 aromatic heterocycles. The van der Waals surface area contributed by atoms with Crippen LogP contribution in [0.5, 0.6) is 11.5 Å². The first-order valence-electron chi connectivity index (χ1n) is 13.4. The predicted octanol–water partition coefficient (Wildman–Crippen LogP) is 3.91. The highest BCUT2D eigenvalue weighted by Crippen LogP contribution is 2.31. The van der Waals surface area contributed by atoms with Gasteiger partial charge in [0.2, 0.25) is 11.8 Å². The molecule has 5 rings (SSSR count). The average Bonchev–Trinajstić information content (AvgIpc) is 3.66. The third-order valence-corrected chi connectivity index (χ3v) is 6.87. The zero-order valence-electron chi connectivity index (χ0n) is 22.7. The molecule has 208 valence electrons. The number of carbonyl (C=O) groups excluding carboxylic acids is 2. The molecule has 0 unspecified atom stereocenters. The average molecular weight is 544 g/mol. The minimum atomic E-state index is -0.965. The van der Waals surface area contributed by atoms with Gasteiger partial charge in [-0.05, 0) is 73.9 Å². The number of hydrogen-bond acceptors (Lipinski definition) is 7. The monoisotopic (exact) mass is 543 g/mol. The van der Waals surface area contributed by atoms with Gasteiger partial charge in [0.1, 0.15) is 29.6 Å². The zero-order valence-corrected chi connectivity index (χ0v) is 22.7. The number of amides is 2. The number of fused-ring (bicyclic) bond motifs is 1. The van der Waals surface area contributed by atoms with Gasteiger partial charge in [0.25, 0.3) is 0 Å². The van der Waals surface area contributed by atoms with Crippen molar-refractivity contribution in [2.24, 2.45) is 0 Å². The Labute approximate surface area is 232 Å². The zero-order chi connectivity index (χ0) is 27.9. The molecule has 2 atom stereocenters. The molecule has 1 fully saturated rings. The molecule has 40 heavy (non-hydrogen) atoms. The van der Waals surface area contributed by atoms with Crippen molar-refractivity contribution in [2.45, 2.75) is 38.5 Å². The number of ether oxygens (including phenoxy) is 3. The number of nitrogens with one attached hydrogen (secondary N) is 1. The fourth-order valence-corrected chi connectivity index (χ4v) is 4.87. The first-order chi connectivity index (χ1) is 19.6. The van der Waals surface area contributed by atoms with E-state index in [2.05, 4.69) is 15.6 Å². The van der Waals surface area contributed by atoms with Gasteiger partial charge in [-0.2, -0.15) is 0 Å². The molecule has 1 aliphatic rings. The van der Waals surface area contributed by atoms with Crippen molar-refractivity contribution >= 4 is 28.5 Å². The van der Waals surface area contributed by atoms with E-state index in [0.717, 1.165) is 18.4 Å². The molecule has 2 heterocycles. The fourth-order valence-electron chi connectivity index (χ4n) is 4.87. The lowest BCUT2D eigenvalue weighted by atomic mass is 10.0. The first-order valence-corrected chi connectivity index (χ1v) is 13.4. The summed E-state index contributed by atoms with van der Waals surface area (Å²) in [6.07, 6.45) is 1.80. The molecule has 4 aromatic rings. The van der Waals surface area contributed by atoms with Gasteiger partial charge < -0.3 is 19.5 Å². The Morgan fingerprint density at radius 3 is 2.52 bits per heavy atom. The maximum absolute atomic E-state index is 14.1. The number of benzene rings is 3. The van der Waals surface area contributed by atoms with E-state index in [1.807, 2.05) is 43.3 Å². The van der Waals surface area contributed by atoms with Gasteiger partial charge in [0.05, 0.1) is 25.3 Å². The predicted molar refractivity (Wildman–Crippen MR) is 150 cm³/mol. The summed E-state index contributed by atoms with van der Waals surface area (Å²) in [6.45, 7) is 3.37. The van der Waals surface area contributed by atoms with Crippen molar-refractivity contribution in [1.29, 1.82) is 0 Å². The molecule has 2 amide bonds. The molecule has 1 aliphatic heterocycles. The minimum absolute atomic E-state index is 0.0448. The highest BCUT2D eigenvalue weighted by atomic mass is 16.5. The second-order valence-electron chi connectivity index (χ2n) is 9.48. The van der Waals surface area contributed by atoms with Gasteiger partial charge in [0.15, 0.2) is 0 Å². The molecule has 0 radical (unpaired) electrons. The van der Waals surface area contributed by atoms with Crippen LogP contribution in [0, 0.1) is 0 Å². The van der Waals surface area contributed by atoms with Crippen LogP contribution in [0.4, 0.5) is 5.69 Å². The summed E-state index contributed by atoms with van der Waals surface area (Å²) in [4.78, 5) is 29.6. The SMILES string of the molecule is CCOc1ccc([C@@H](C(=O)NC[C@@H]2CCCO2)N(C(=O)Cn2nnc3ccccc32)c2ccc(OC)cc2)cc1. The highest BCUT2D eigenvalue weighted by Gasteiger charge is 2.34. The highest BCUT2D eigenvalue weighted by molar-refractivity contribution is 6.01. The summed E-state index contributed by atoms with van der Waals surface area (Å²) >= 11 is 0. The van der Waals surface area contributed by atoms with E-state index in [0.29, 0.717) is 48.0 Å². The Balaban J connectivity index is 1.53. The smallest absolute Gasteiger partial charge is 0.249 e. The Hall–Kier alpha value is -4.44. The second kappa shape index (κ2) is 12.6. The minimum Gasteiger partial charge on any atom is -0.497 e. The number of methoxy groups -OCH3 is 1. The molecular weight excluding hydrogens is 510 g/mol. The fraction of sp³-hybridized carbons (Fsp3) is 0.333. The lowest BCUT2D eigenvalue weighted by Crippen LogP contribution is -2.46. The van der Waals surface area contributed by atoms with Crippen LogP contribution in [0.15, 0.2) is 72.8 Å². The van der Waals surface area contributed by atoms with Crippen LogP contribution >= 0.6 is 0 Å². The lowest BCUT2D eigenvalue weighted by Gasteiger charge is -2.32. The van der Waals surface area contributed by atoms with E-state index in [1.54, 1.807) is 48.2 Å². The molecule has 3 aromatic carbocycles. The summed E-state index contributed by atoms with van der Waals surface area (Å²) < 4.78 is 18.2. The van der Waals surface area contributed by atoms with Crippen molar-refractivity contribution in [3.63, 3.8) is 0 Å². The molecule has 0 saturated carbocycles. The largest absolute Gasteiger partial charge is 0.497 e. The van der Waals surface area contributed by atoms with Crippen LogP contribution < -0.4 is 19.7 Å². The van der Waals surface area contributed by atoms with E-state index in [1.165, 1.54) is 4.90 Å². The van der Waals surface area contributed by atoms with E-state index >= 15 is 0 Å². The molecule has 1 N–H and O–H groups in total. The third kappa shape index (κ3) is 6.07. The number of carbonyl (C=O) groups is 2. The summed E-state index contributed by atoms with van der Waals surface area (Å²) in [7, 11) is 1.58. The third-order valence-electron chi connectivity index (χ3n) is 6.87. The van der Waals surface area contributed by atoms with Crippen LogP contribution in [0.25, 0.3) is 11.0 Å². The van der Waals surface area contributed by atoms with Gasteiger partial charge in [0, 0.05) is 18.8 Å². The Morgan fingerprint density at radius 1 is 1.07 bits per heavy atom. The van der Waals surface area contributed by atoms with Crippen molar-refractivity contribution in [2.75, 3.05) is 31.8 Å². The standard InChI is InChI=1S/C30H33N5O5/c1-3-39-24-14-10-21(11-15-24)29(30(37)31-19-25-7-6-18-40-25)35(22-12-16-23(38-2)17-13-22)28(36)20-34-27-9-5-4-8-26(27)32-33-34/h4-5,8-17,25,29H,3,6-7,18-20H2,1-2H3,(H,31,37)/t25-,29-/m0/s1. The Bertz CT molecular complexity index is 1430. The molecule has 1 saturated heterocycles. The van der Waals surface area contributed by atoms with Crippen LogP contribution in [-0.4, -0.2) is 59.8 Å². The van der Waals surface area contributed by atoms with Crippen LogP contribution in [0.1, 0.15) is 31.4 Å². The van der Waals surface area contributed by atoms with Crippen molar-refractivity contribution in [3.05, 3.63) is 78.4 Å². The van der Waals surface area contributed by atoms with Gasteiger partial charge in [-0.25, -0.2) is 4.68 Å². The molecular formula is C30H33N5O5. The number of anilines is 1. The van der Waals surface area contributed by atoms with E-state index in [-0.39, 0.29) is 24.5 Å². The van der Waals surface area contributed by atoms with Gasteiger partial charge in [-0.1, -0.05) is 29.5 Å². The molecule has 0 bridgehead atoms. The van der Waals surface area contributed by atoms with Crippen LogP contribution in [-0.2, 0) is 20.9 Å². The van der Waals surface area contributed by atoms with Gasteiger partial charge in [-0.3, -0.25) is 14.5 Å². The first kappa shape index (κ1) is 27.1. The number of hydrogen-bond donors (Lipinski definition) is 1. The van der Waals surface area contributed by atoms with Gasteiger partial charge in [-0.15, -0.1) is 5.10 Å². The van der Waals surface area contributed by atoms with Crippen molar-refractivity contribution in [1.82, 2.24) is 20.3 Å². The van der Waals surface area contributed by atoms with Crippen molar-refractivity contribution in [3.8, 4) is 11.5 Å². The maximum atomic E-state index is 14.1. The summed E-state index contributed by atoms with van der Waals surface area (Å²) in [5.74, 6) is 0.680. The summed E-state index contributed by atoms with van der Waals surface area (Å²) in [6, 6.07) is 20.8. The number of para-hydroxylation sites is 1. The Morgan fingerprint density at radius 2 is 1.82 bits per heavy atom. The summed E-state index contributed by atoms with van der Waals surface area (Å²) in [5.41, 5.74) is 2.59. The lowest BCUT2D eigenvalue weighted by molar-refractivity contribution is -0.127. The van der Waals surface area contributed by atoms with E-state index < -0.39 is 6.04 Å². The van der Waals surface area contributed by atoms with E-state index in [4.69, 9.17) is 14.2 Å². The van der Waals surface area contributed by atoms with Crippen LogP contribution in [0.2, 0.25) is 0 Å². The molecule has 10 heteroatoms. The number of nitrogens with zero attached hydrogens (tertiary/aromatic N) is 4. The van der Waals surface area contributed by atoms with Crippen LogP contribution in [0.3, 0.4) is 0 Å². The van der Waals surface area contributed by atoms with Crippen molar-refractivity contribution < 1.29 is 23.8 Å². The number of rotatable bonds is 11. The maximum Gasteiger partial charge on any atom is 0.249 e. The quantitative estimate of drug-likeness (QED) is 0.306. The number of aromatic nitrogens is 3. The molecule has 10 nitrogen and oxygen atoms in total. The molecule has 0 spiro atoms. The topological polar surface area (TPSA) is 108 Å². The Kier molecular flexibility index (Phi) is 8.56. The molecule has 0 aliphatic carbocycles. The summed E-state index contributed by atoms with van der Waals surface area (Å²) in [5, 5.41) is 11.4.